The Balaban J connectivity index is 0.000000159. The van der Waals surface area contributed by atoms with Crippen molar-refractivity contribution >= 4 is 84.9 Å². The number of aromatic amines is 1. The number of nitrogens with two attached hydrogens (primary N) is 2. The van der Waals surface area contributed by atoms with Gasteiger partial charge in [0.1, 0.15) is 11.6 Å². The summed E-state index contributed by atoms with van der Waals surface area (Å²) in [5.74, 6) is 1.81. The van der Waals surface area contributed by atoms with Crippen LogP contribution in [0.15, 0.2) is 176 Å². The van der Waals surface area contributed by atoms with Crippen LogP contribution in [0, 0.1) is 16.2 Å². The fourth-order valence-electron chi connectivity index (χ4n) is 9.89. The van der Waals surface area contributed by atoms with Crippen molar-refractivity contribution in [2.45, 2.75) is 62.3 Å². The molecule has 16 nitrogen and oxygen atoms in total. The van der Waals surface area contributed by atoms with Gasteiger partial charge in [0.2, 0.25) is 0 Å². The first-order chi connectivity index (χ1) is 41.6. The molecule has 0 spiro atoms. The van der Waals surface area contributed by atoms with Gasteiger partial charge in [-0.05, 0) is 169 Å². The van der Waals surface area contributed by atoms with Gasteiger partial charge in [-0.3, -0.25) is 24.0 Å². The van der Waals surface area contributed by atoms with Crippen molar-refractivity contribution in [3.05, 3.63) is 204 Å². The molecule has 8 N–H and O–H groups in total. The van der Waals surface area contributed by atoms with Crippen molar-refractivity contribution in [1.82, 2.24) is 24.1 Å². The van der Waals surface area contributed by atoms with Crippen LogP contribution in [-0.2, 0) is 14.1 Å². The van der Waals surface area contributed by atoms with Crippen LogP contribution in [-0.4, -0.2) is 65.5 Å². The van der Waals surface area contributed by atoms with Crippen molar-refractivity contribution in [3.8, 4) is 45.5 Å². The average molecular weight is 1180 g/mol. The van der Waals surface area contributed by atoms with Crippen LogP contribution in [0.2, 0.25) is 0 Å². The van der Waals surface area contributed by atoms with E-state index in [9.17, 15) is 29.1 Å². The quantitative estimate of drug-likeness (QED) is 0.0525. The molecule has 88 heavy (non-hydrogen) atoms. The number of rotatable bonds is 11. The summed E-state index contributed by atoms with van der Waals surface area (Å²) in [7, 11) is 5.47. The third-order valence-corrected chi connectivity index (χ3v) is 14.9. The Kier molecular flexibility index (Phi) is 17.4. The van der Waals surface area contributed by atoms with Crippen molar-refractivity contribution in [1.29, 1.82) is 0 Å². The number of fused-ring (bicyclic) bond motifs is 3. The molecular formula is C72H73N9O7. The minimum Gasteiger partial charge on any atom is -0.504 e. The molecular weight excluding hydrogens is 1100 g/mol. The number of benzene rings is 8. The van der Waals surface area contributed by atoms with Gasteiger partial charge >= 0.3 is 0 Å². The lowest BCUT2D eigenvalue weighted by Crippen LogP contribution is -2.20. The average Bonchev–Trinajstić information content (AvgIpc) is 1.83. The molecule has 11 aromatic rings. The van der Waals surface area contributed by atoms with Crippen LogP contribution in [0.3, 0.4) is 0 Å². The number of ketones is 3. The number of hydrogen-bond donors (Lipinski definition) is 6. The third-order valence-electron chi connectivity index (χ3n) is 14.9. The van der Waals surface area contributed by atoms with E-state index in [0.29, 0.717) is 56.6 Å². The Hall–Kier alpha value is -10.6. The molecule has 0 fully saturated rings. The molecule has 0 bridgehead atoms. The van der Waals surface area contributed by atoms with Gasteiger partial charge in [0.25, 0.3) is 11.8 Å². The number of nitrogens with zero attached hydrogens (tertiary/aromatic N) is 4. The summed E-state index contributed by atoms with van der Waals surface area (Å²) in [6.07, 6.45) is 0. The Morgan fingerprint density at radius 2 is 0.932 bits per heavy atom. The number of phenolic OH excluding ortho intramolecular Hbond substituents is 1. The molecule has 0 aliphatic heterocycles. The van der Waals surface area contributed by atoms with Gasteiger partial charge in [0.05, 0.1) is 29.2 Å². The lowest BCUT2D eigenvalue weighted by molar-refractivity contribution is 0.0852. The number of H-pyrrole nitrogens is 1. The molecule has 0 radical (unpaired) electrons. The van der Waals surface area contributed by atoms with Gasteiger partial charge in [-0.1, -0.05) is 74.4 Å². The predicted molar refractivity (Wildman–Crippen MR) is 353 cm³/mol. The number of carbonyl (C=O) groups is 5. The Morgan fingerprint density at radius 1 is 0.477 bits per heavy atom. The van der Waals surface area contributed by atoms with E-state index in [4.69, 9.17) is 21.2 Å². The predicted octanol–water partition coefficient (Wildman–Crippen LogP) is 15.4. The Morgan fingerprint density at radius 3 is 1.43 bits per heavy atom. The van der Waals surface area contributed by atoms with E-state index >= 15 is 0 Å². The molecule has 448 valence electrons. The summed E-state index contributed by atoms with van der Waals surface area (Å²) in [6.45, 7) is 17.2. The summed E-state index contributed by atoms with van der Waals surface area (Å²) in [4.78, 5) is 75.1. The number of Topliss-reactive ketones (excluding diaryl/α,β-unsaturated/α-hetero) is 3. The van der Waals surface area contributed by atoms with E-state index in [-0.39, 0.29) is 34.9 Å². The molecule has 0 saturated carbocycles. The number of hydrogen-bond acceptors (Lipinski definition) is 11. The molecule has 11 rings (SSSR count). The van der Waals surface area contributed by atoms with E-state index in [1.807, 2.05) is 184 Å². The summed E-state index contributed by atoms with van der Waals surface area (Å²) >= 11 is 0. The number of carbonyl (C=O) groups excluding carboxylic acids is 5. The number of aromatic hydroxyl groups is 1. The monoisotopic (exact) mass is 1180 g/mol. The Bertz CT molecular complexity index is 4230. The highest BCUT2D eigenvalue weighted by molar-refractivity contribution is 6.07. The molecule has 2 amide bonds. The molecule has 0 saturated heterocycles. The van der Waals surface area contributed by atoms with E-state index in [1.165, 1.54) is 7.11 Å². The van der Waals surface area contributed by atoms with Gasteiger partial charge in [-0.25, -0.2) is 9.97 Å². The van der Waals surface area contributed by atoms with E-state index in [2.05, 4.69) is 31.2 Å². The highest BCUT2D eigenvalue weighted by atomic mass is 16.5. The highest BCUT2D eigenvalue weighted by Gasteiger charge is 2.26. The largest absolute Gasteiger partial charge is 0.504 e. The number of anilines is 4. The van der Waals surface area contributed by atoms with Crippen LogP contribution in [0.4, 0.5) is 22.7 Å². The summed E-state index contributed by atoms with van der Waals surface area (Å²) < 4.78 is 9.17. The SMILES string of the molecule is COc1ccc(-c2nc3ccc(C(=O)C(C)(C)C)cc3[nH]2)cc1O.Cn1c(-c2ccc(NC(=O)c3ccc(N)cc3)cc2)cc2cc(C(=O)C(C)(C)C)ccc21.Cn1c(-c2ccc(NC(=O)c3ccc(N)cc3)cc2)nc2cc(C(=O)C(C)(C)C)ccc21. The molecule has 8 aromatic carbocycles. The normalized spacial score (nSPS) is 11.5. The van der Waals surface area contributed by atoms with Crippen molar-refractivity contribution in [2.75, 3.05) is 29.2 Å². The standard InChI is InChI=1S/C27H27N3O2.C26H26N4O2.C19H20N2O3/c1-27(2,3)25(31)19-9-14-23-20(15-19)16-24(30(23)4)17-7-12-22(13-8-17)29-26(32)18-5-10-21(28)11-6-18;1-26(2,3)23(31)18-9-14-22-21(15-18)29-24(30(22)4)16-7-12-20(13-8-16)28-25(32)17-5-10-19(27)11-6-17;1-19(2,3)17(23)11-5-7-13-14(9-11)21-18(20-13)12-6-8-16(24-4)15(22)10-12/h5-16H,28H2,1-4H3,(H,29,32);5-15H,27H2,1-4H3,(H,28,32);5-10,22H,1-4H3,(H,20,21). The molecule has 3 aromatic heterocycles. The van der Waals surface area contributed by atoms with Crippen molar-refractivity contribution in [3.63, 3.8) is 0 Å². The number of aryl methyl sites for hydroxylation is 2. The zero-order chi connectivity index (χ0) is 63.6. The van der Waals surface area contributed by atoms with Crippen LogP contribution in [0.25, 0.3) is 67.0 Å². The van der Waals surface area contributed by atoms with Crippen LogP contribution in [0.1, 0.15) is 114 Å². The van der Waals surface area contributed by atoms with E-state index < -0.39 is 16.2 Å². The minimum absolute atomic E-state index is 0.0547. The lowest BCUT2D eigenvalue weighted by atomic mass is 9.86. The molecule has 0 aliphatic rings. The second kappa shape index (κ2) is 24.8. The maximum absolute atomic E-state index is 12.7. The van der Waals surface area contributed by atoms with Crippen molar-refractivity contribution < 1.29 is 33.8 Å². The molecule has 0 atom stereocenters. The fraction of sp³-hybridized carbons (Fsp3) is 0.208. The molecule has 3 heterocycles. The number of imidazole rings is 2. The summed E-state index contributed by atoms with van der Waals surface area (Å²) in [5.41, 5.74) is 23.9. The lowest BCUT2D eigenvalue weighted by Gasteiger charge is -2.16. The number of amides is 2. The maximum Gasteiger partial charge on any atom is 0.255 e. The van der Waals surface area contributed by atoms with Gasteiger partial charge in [0, 0.05) is 109 Å². The zero-order valence-corrected chi connectivity index (χ0v) is 51.6. The van der Waals surface area contributed by atoms with Gasteiger partial charge < -0.3 is 46.1 Å². The van der Waals surface area contributed by atoms with E-state index in [1.54, 1.807) is 66.7 Å². The van der Waals surface area contributed by atoms with Crippen LogP contribution >= 0.6 is 0 Å². The number of methoxy groups -OCH3 is 1. The Labute approximate surface area is 511 Å². The number of nitrogen functional groups attached to an aromatic ring is 2. The first-order valence-corrected chi connectivity index (χ1v) is 28.7. The number of nitrogens with one attached hydrogen (secondary N) is 3. The maximum atomic E-state index is 12.7. The van der Waals surface area contributed by atoms with Crippen LogP contribution < -0.4 is 26.8 Å². The first kappa shape index (κ1) is 61.9. The second-order valence-corrected chi connectivity index (χ2v) is 24.8. The first-order valence-electron chi connectivity index (χ1n) is 28.7. The van der Waals surface area contributed by atoms with Crippen molar-refractivity contribution in [2.24, 2.45) is 30.3 Å². The topological polar surface area (TPSA) is 242 Å². The number of phenols is 1. The van der Waals surface area contributed by atoms with E-state index in [0.717, 1.165) is 66.7 Å². The zero-order valence-electron chi connectivity index (χ0n) is 51.6. The van der Waals surface area contributed by atoms with Crippen LogP contribution in [0.5, 0.6) is 11.5 Å². The minimum atomic E-state index is -0.447. The van der Waals surface area contributed by atoms with Gasteiger partial charge in [-0.15, -0.1) is 0 Å². The van der Waals surface area contributed by atoms with Gasteiger partial charge in [-0.2, -0.15) is 0 Å². The number of aromatic nitrogens is 5. The van der Waals surface area contributed by atoms with Gasteiger partial charge in [0.15, 0.2) is 28.8 Å². The molecule has 0 aliphatic carbocycles. The second-order valence-electron chi connectivity index (χ2n) is 24.8. The fourth-order valence-corrected chi connectivity index (χ4v) is 9.89. The summed E-state index contributed by atoms with van der Waals surface area (Å²) in [6, 6.07) is 53.0. The third kappa shape index (κ3) is 13.9. The highest BCUT2D eigenvalue weighted by Crippen LogP contribution is 2.34. The molecule has 16 heteroatoms. The smallest absolute Gasteiger partial charge is 0.255 e. The number of ether oxygens (including phenoxy) is 1. The molecule has 0 unspecified atom stereocenters. The summed E-state index contributed by atoms with van der Waals surface area (Å²) in [5, 5.41) is 16.7.